The quantitative estimate of drug-likeness (QED) is 0.174. The molecule has 0 aliphatic heterocycles. The average molecular weight is 638 g/mol. The third-order valence-corrected chi connectivity index (χ3v) is 12.4. The summed E-state index contributed by atoms with van der Waals surface area (Å²) in [5.74, 6) is 0. The zero-order chi connectivity index (χ0) is 31.4. The van der Waals surface area contributed by atoms with Crippen LogP contribution in [0.2, 0.25) is 0 Å². The van der Waals surface area contributed by atoms with Gasteiger partial charge in [0.2, 0.25) is 0 Å². The van der Waals surface area contributed by atoms with Crippen molar-refractivity contribution in [3.8, 4) is 0 Å². The van der Waals surface area contributed by atoms with Crippen LogP contribution in [0.25, 0.3) is 72.7 Å². The van der Waals surface area contributed by atoms with Crippen LogP contribution in [-0.4, -0.2) is 0 Å². The van der Waals surface area contributed by atoms with E-state index in [2.05, 4.69) is 159 Å². The van der Waals surface area contributed by atoms with E-state index in [4.69, 9.17) is 0 Å². The Hall–Kier alpha value is -4.96. The SMILES string of the molecule is CC(C)(C)c1ccc2ccc3c(N(c4cccc5c4sc4ccccc45)c4cccc5c4sc4ccccc45)ccc4ccc1c2c43. The molecular formula is C44H31NS2. The van der Waals surface area contributed by atoms with E-state index in [1.807, 2.05) is 22.7 Å². The molecule has 2 heterocycles. The zero-order valence-electron chi connectivity index (χ0n) is 26.5. The Morgan fingerprint density at radius 1 is 0.404 bits per heavy atom. The number of benzene rings is 8. The van der Waals surface area contributed by atoms with Crippen LogP contribution in [0.5, 0.6) is 0 Å². The monoisotopic (exact) mass is 637 g/mol. The number of thiophene rings is 2. The highest BCUT2D eigenvalue weighted by atomic mass is 32.1. The van der Waals surface area contributed by atoms with Crippen LogP contribution >= 0.6 is 22.7 Å². The highest BCUT2D eigenvalue weighted by molar-refractivity contribution is 7.27. The van der Waals surface area contributed by atoms with Crippen molar-refractivity contribution in [1.82, 2.24) is 0 Å². The molecule has 0 amide bonds. The molecule has 10 rings (SSSR count). The van der Waals surface area contributed by atoms with Crippen LogP contribution in [0.3, 0.4) is 0 Å². The van der Waals surface area contributed by atoms with Crippen molar-refractivity contribution in [1.29, 1.82) is 0 Å². The van der Waals surface area contributed by atoms with Gasteiger partial charge in [-0.3, -0.25) is 0 Å². The largest absolute Gasteiger partial charge is 0.307 e. The minimum Gasteiger partial charge on any atom is -0.307 e. The smallest absolute Gasteiger partial charge is 0.0641 e. The molecule has 2 aromatic heterocycles. The maximum atomic E-state index is 2.56. The summed E-state index contributed by atoms with van der Waals surface area (Å²) in [6, 6.07) is 50.0. The van der Waals surface area contributed by atoms with Gasteiger partial charge in [-0.15, -0.1) is 22.7 Å². The lowest BCUT2D eigenvalue weighted by Gasteiger charge is -2.29. The second-order valence-corrected chi connectivity index (χ2v) is 15.8. The molecule has 10 aromatic rings. The van der Waals surface area contributed by atoms with Gasteiger partial charge in [0.25, 0.3) is 0 Å². The molecule has 0 bridgehead atoms. The molecule has 0 spiro atoms. The van der Waals surface area contributed by atoms with Gasteiger partial charge in [-0.1, -0.05) is 124 Å². The predicted molar refractivity (Wildman–Crippen MR) is 209 cm³/mol. The molecule has 1 nitrogen and oxygen atoms in total. The number of nitrogens with zero attached hydrogens (tertiary/aromatic N) is 1. The van der Waals surface area contributed by atoms with Gasteiger partial charge in [0.1, 0.15) is 0 Å². The lowest BCUT2D eigenvalue weighted by atomic mass is 9.81. The number of rotatable bonds is 3. The van der Waals surface area contributed by atoms with E-state index >= 15 is 0 Å². The van der Waals surface area contributed by atoms with E-state index < -0.39 is 0 Å². The van der Waals surface area contributed by atoms with Crippen LogP contribution in [0.4, 0.5) is 17.1 Å². The summed E-state index contributed by atoms with van der Waals surface area (Å²) >= 11 is 3.79. The molecule has 8 aromatic carbocycles. The Morgan fingerprint density at radius 2 is 0.894 bits per heavy atom. The number of anilines is 3. The van der Waals surface area contributed by atoms with Gasteiger partial charge in [-0.25, -0.2) is 0 Å². The van der Waals surface area contributed by atoms with Crippen molar-refractivity contribution < 1.29 is 0 Å². The Bertz CT molecular complexity index is 2730. The third-order valence-electron chi connectivity index (χ3n) is 9.94. The number of hydrogen-bond donors (Lipinski definition) is 0. The summed E-state index contributed by atoms with van der Waals surface area (Å²) in [4.78, 5) is 2.56. The van der Waals surface area contributed by atoms with Gasteiger partial charge in [0.05, 0.1) is 26.5 Å². The molecule has 0 radical (unpaired) electrons. The molecule has 0 aliphatic carbocycles. The second-order valence-electron chi connectivity index (χ2n) is 13.7. The van der Waals surface area contributed by atoms with Gasteiger partial charge in [-0.2, -0.15) is 0 Å². The Balaban J connectivity index is 1.36. The number of hydrogen-bond acceptors (Lipinski definition) is 3. The topological polar surface area (TPSA) is 3.24 Å². The van der Waals surface area contributed by atoms with Crippen LogP contribution in [0, 0.1) is 0 Å². The van der Waals surface area contributed by atoms with Crippen molar-refractivity contribution >= 4 is 112 Å². The minimum absolute atomic E-state index is 0.0464. The summed E-state index contributed by atoms with van der Waals surface area (Å²) in [6.45, 7) is 6.97. The first-order valence-electron chi connectivity index (χ1n) is 16.3. The highest BCUT2D eigenvalue weighted by Gasteiger charge is 2.25. The first-order valence-corrected chi connectivity index (χ1v) is 17.9. The predicted octanol–water partition coefficient (Wildman–Crippen LogP) is 14.1. The fourth-order valence-corrected chi connectivity index (χ4v) is 10.3. The van der Waals surface area contributed by atoms with Crippen molar-refractivity contribution in [2.24, 2.45) is 0 Å². The Kier molecular flexibility index (Phi) is 5.65. The van der Waals surface area contributed by atoms with Crippen LogP contribution in [-0.2, 0) is 5.41 Å². The lowest BCUT2D eigenvalue weighted by Crippen LogP contribution is -2.12. The summed E-state index contributed by atoms with van der Waals surface area (Å²) in [5, 5.41) is 13.2. The van der Waals surface area contributed by atoms with Gasteiger partial charge in [-0.05, 0) is 68.2 Å². The summed E-state index contributed by atoms with van der Waals surface area (Å²) in [7, 11) is 0. The Labute approximate surface area is 281 Å². The Morgan fingerprint density at radius 3 is 1.49 bits per heavy atom. The third kappa shape index (κ3) is 3.88. The zero-order valence-corrected chi connectivity index (χ0v) is 28.1. The normalized spacial score (nSPS) is 12.6. The van der Waals surface area contributed by atoms with E-state index in [0.717, 1.165) is 0 Å². The molecule has 224 valence electrons. The molecular weight excluding hydrogens is 607 g/mol. The molecule has 0 aliphatic rings. The highest BCUT2D eigenvalue weighted by Crippen LogP contribution is 2.51. The fraction of sp³-hybridized carbons (Fsp3) is 0.0909. The first kappa shape index (κ1) is 27.2. The van der Waals surface area contributed by atoms with E-state index in [1.54, 1.807) is 0 Å². The molecule has 0 unspecified atom stereocenters. The van der Waals surface area contributed by atoms with Crippen molar-refractivity contribution in [3.63, 3.8) is 0 Å². The van der Waals surface area contributed by atoms with Gasteiger partial charge in [0.15, 0.2) is 0 Å². The van der Waals surface area contributed by atoms with Crippen molar-refractivity contribution in [3.05, 3.63) is 139 Å². The standard InChI is InChI=1S/C44H31NS2/c1-44(2,3)34-24-20-26-19-23-33-35(25-21-27-18-22-32(34)40(26)41(27)33)45(36-14-8-12-30-28-10-4-6-16-38(28)46-42(30)36)37-15-9-13-31-29-11-5-7-17-39(29)47-43(31)37/h4-25H,1-3H3. The van der Waals surface area contributed by atoms with Crippen molar-refractivity contribution in [2.75, 3.05) is 4.90 Å². The molecule has 3 heteroatoms. The van der Waals surface area contributed by atoms with E-state index in [0.29, 0.717) is 0 Å². The summed E-state index contributed by atoms with van der Waals surface area (Å²) in [5.41, 5.74) is 5.10. The van der Waals surface area contributed by atoms with Gasteiger partial charge >= 0.3 is 0 Å². The summed E-state index contributed by atoms with van der Waals surface area (Å²) < 4.78 is 5.26. The maximum Gasteiger partial charge on any atom is 0.0641 e. The molecule has 47 heavy (non-hydrogen) atoms. The van der Waals surface area contributed by atoms with Gasteiger partial charge < -0.3 is 4.90 Å². The van der Waals surface area contributed by atoms with Gasteiger partial charge in [0, 0.05) is 36.3 Å². The van der Waals surface area contributed by atoms with E-state index in [1.165, 1.54) is 95.3 Å². The lowest BCUT2D eigenvalue weighted by molar-refractivity contribution is 0.596. The van der Waals surface area contributed by atoms with E-state index in [-0.39, 0.29) is 5.41 Å². The maximum absolute atomic E-state index is 2.56. The van der Waals surface area contributed by atoms with Crippen LogP contribution < -0.4 is 4.90 Å². The van der Waals surface area contributed by atoms with Crippen LogP contribution in [0.1, 0.15) is 26.3 Å². The molecule has 0 atom stereocenters. The molecule has 0 fully saturated rings. The molecule has 0 N–H and O–H groups in total. The average Bonchev–Trinajstić information content (AvgIpc) is 3.67. The van der Waals surface area contributed by atoms with Crippen LogP contribution in [0.15, 0.2) is 133 Å². The summed E-state index contributed by atoms with van der Waals surface area (Å²) in [6.07, 6.45) is 0. The molecule has 0 saturated heterocycles. The molecule has 0 saturated carbocycles. The second kappa shape index (κ2) is 9.78. The fourth-order valence-electron chi connectivity index (χ4n) is 7.84. The first-order chi connectivity index (χ1) is 23.0. The van der Waals surface area contributed by atoms with E-state index in [9.17, 15) is 0 Å². The van der Waals surface area contributed by atoms with Crippen molar-refractivity contribution in [2.45, 2.75) is 26.2 Å². The number of fused-ring (bicyclic) bond motifs is 6. The minimum atomic E-state index is 0.0464.